The Labute approximate surface area is 160 Å². The van der Waals surface area contributed by atoms with Crippen molar-refractivity contribution >= 4 is 0 Å². The zero-order chi connectivity index (χ0) is 18.4. The first-order chi connectivity index (χ1) is 12.5. The number of aryl methyl sites for hydroxylation is 1. The molecule has 3 nitrogen and oxygen atoms in total. The second-order valence-electron chi connectivity index (χ2n) is 9.23. The molecular formula is C23H38N2O. The van der Waals surface area contributed by atoms with E-state index < -0.39 is 5.60 Å². The number of nitrogens with zero attached hydrogens (tertiary/aromatic N) is 2. The molecule has 1 atom stereocenters. The van der Waals surface area contributed by atoms with E-state index in [0.29, 0.717) is 0 Å². The van der Waals surface area contributed by atoms with Crippen LogP contribution in [0.1, 0.15) is 63.5 Å². The highest BCUT2D eigenvalue weighted by atomic mass is 16.3. The molecule has 3 rings (SSSR count). The summed E-state index contributed by atoms with van der Waals surface area (Å²) in [5.74, 6) is 0.855. The minimum Gasteiger partial charge on any atom is -0.390 e. The maximum absolute atomic E-state index is 9.88. The van der Waals surface area contributed by atoms with Crippen LogP contribution >= 0.6 is 0 Å². The second kappa shape index (κ2) is 9.34. The fourth-order valence-electron chi connectivity index (χ4n) is 4.47. The maximum atomic E-state index is 9.88. The highest BCUT2D eigenvalue weighted by molar-refractivity contribution is 5.22. The summed E-state index contributed by atoms with van der Waals surface area (Å²) in [6, 6.07) is 9.06. The predicted molar refractivity (Wildman–Crippen MR) is 109 cm³/mol. The number of hydrogen-bond acceptors (Lipinski definition) is 3. The Bertz CT molecular complexity index is 528. The molecule has 0 bridgehead atoms. The number of likely N-dealkylation sites (tertiary alicyclic amines) is 2. The monoisotopic (exact) mass is 358 g/mol. The molecule has 0 radical (unpaired) electrons. The first-order valence-corrected chi connectivity index (χ1v) is 10.7. The van der Waals surface area contributed by atoms with Gasteiger partial charge >= 0.3 is 0 Å². The summed E-state index contributed by atoms with van der Waals surface area (Å²) in [5.41, 5.74) is 2.18. The van der Waals surface area contributed by atoms with E-state index in [4.69, 9.17) is 0 Å². The van der Waals surface area contributed by atoms with Gasteiger partial charge in [0.2, 0.25) is 0 Å². The van der Waals surface area contributed by atoms with Crippen LogP contribution in [0, 0.1) is 5.92 Å². The first-order valence-electron chi connectivity index (χ1n) is 10.7. The number of aliphatic hydroxyl groups is 1. The van der Waals surface area contributed by atoms with Crippen LogP contribution in [-0.2, 0) is 13.0 Å². The molecule has 1 N–H and O–H groups in total. The Hall–Kier alpha value is -0.900. The summed E-state index contributed by atoms with van der Waals surface area (Å²) in [6.07, 6.45) is 8.75. The van der Waals surface area contributed by atoms with E-state index in [1.807, 2.05) is 13.8 Å². The van der Waals surface area contributed by atoms with Gasteiger partial charge in [0.1, 0.15) is 0 Å². The highest BCUT2D eigenvalue weighted by Crippen LogP contribution is 2.22. The van der Waals surface area contributed by atoms with Gasteiger partial charge < -0.3 is 10.0 Å². The Balaban J connectivity index is 1.45. The molecule has 2 heterocycles. The van der Waals surface area contributed by atoms with Crippen LogP contribution in [0.5, 0.6) is 0 Å². The lowest BCUT2D eigenvalue weighted by molar-refractivity contribution is 0.0714. The molecule has 2 fully saturated rings. The van der Waals surface area contributed by atoms with Crippen LogP contribution in [0.3, 0.4) is 0 Å². The van der Waals surface area contributed by atoms with E-state index in [1.54, 1.807) is 0 Å². The number of piperidine rings is 2. The smallest absolute Gasteiger partial charge is 0.0594 e. The van der Waals surface area contributed by atoms with E-state index in [0.717, 1.165) is 25.3 Å². The Morgan fingerprint density at radius 3 is 2.27 bits per heavy atom. The zero-order valence-electron chi connectivity index (χ0n) is 16.9. The maximum Gasteiger partial charge on any atom is 0.0594 e. The van der Waals surface area contributed by atoms with Gasteiger partial charge in [0.25, 0.3) is 0 Å². The van der Waals surface area contributed by atoms with E-state index in [1.165, 1.54) is 76.0 Å². The molecule has 1 unspecified atom stereocenters. The second-order valence-corrected chi connectivity index (χ2v) is 9.23. The van der Waals surface area contributed by atoms with Crippen molar-refractivity contribution in [1.82, 2.24) is 9.80 Å². The molecule has 2 saturated heterocycles. The van der Waals surface area contributed by atoms with Crippen LogP contribution in [0.4, 0.5) is 0 Å². The third-order valence-corrected chi connectivity index (χ3v) is 6.02. The summed E-state index contributed by atoms with van der Waals surface area (Å²) < 4.78 is 0. The van der Waals surface area contributed by atoms with Crippen LogP contribution in [0.25, 0.3) is 0 Å². The van der Waals surface area contributed by atoms with E-state index in [-0.39, 0.29) is 0 Å². The van der Waals surface area contributed by atoms with Crippen LogP contribution < -0.4 is 0 Å². The van der Waals surface area contributed by atoms with E-state index in [9.17, 15) is 5.11 Å². The van der Waals surface area contributed by atoms with Crippen molar-refractivity contribution in [3.8, 4) is 0 Å². The first kappa shape index (κ1) is 19.9. The van der Waals surface area contributed by atoms with Crippen molar-refractivity contribution < 1.29 is 5.11 Å². The van der Waals surface area contributed by atoms with Gasteiger partial charge in [-0.05, 0) is 89.1 Å². The average molecular weight is 359 g/mol. The Morgan fingerprint density at radius 1 is 0.923 bits per heavy atom. The molecule has 146 valence electrons. The van der Waals surface area contributed by atoms with Crippen molar-refractivity contribution in [2.24, 2.45) is 5.92 Å². The molecule has 1 aromatic carbocycles. The van der Waals surface area contributed by atoms with Crippen LogP contribution in [0.2, 0.25) is 0 Å². The quantitative estimate of drug-likeness (QED) is 0.795. The SMILES string of the molecule is CC(C)(O)CCc1ccc(CN2CCCC(CN3CCCCC3)C2)cc1. The third-order valence-electron chi connectivity index (χ3n) is 6.02. The lowest BCUT2D eigenvalue weighted by Crippen LogP contribution is -2.42. The molecule has 2 aliphatic rings. The highest BCUT2D eigenvalue weighted by Gasteiger charge is 2.23. The lowest BCUT2D eigenvalue weighted by atomic mass is 9.95. The largest absolute Gasteiger partial charge is 0.390 e. The summed E-state index contributed by atoms with van der Waals surface area (Å²) in [6.45, 7) is 11.3. The number of hydrogen-bond donors (Lipinski definition) is 1. The Morgan fingerprint density at radius 2 is 1.58 bits per heavy atom. The van der Waals surface area contributed by atoms with Gasteiger partial charge in [-0.1, -0.05) is 30.7 Å². The number of benzene rings is 1. The summed E-state index contributed by atoms with van der Waals surface area (Å²) in [7, 11) is 0. The van der Waals surface area contributed by atoms with Crippen LogP contribution in [-0.4, -0.2) is 53.2 Å². The van der Waals surface area contributed by atoms with Crippen molar-refractivity contribution in [3.63, 3.8) is 0 Å². The Kier molecular flexibility index (Phi) is 7.13. The van der Waals surface area contributed by atoms with Crippen molar-refractivity contribution in [2.45, 2.75) is 70.9 Å². The molecule has 0 spiro atoms. The fourth-order valence-corrected chi connectivity index (χ4v) is 4.47. The van der Waals surface area contributed by atoms with Gasteiger partial charge in [-0.15, -0.1) is 0 Å². The number of rotatable bonds is 7. The minimum absolute atomic E-state index is 0.574. The van der Waals surface area contributed by atoms with Gasteiger partial charge in [-0.2, -0.15) is 0 Å². The van der Waals surface area contributed by atoms with Gasteiger partial charge in [-0.3, -0.25) is 4.90 Å². The summed E-state index contributed by atoms with van der Waals surface area (Å²) >= 11 is 0. The molecule has 26 heavy (non-hydrogen) atoms. The average Bonchev–Trinajstić information content (AvgIpc) is 2.62. The molecular weight excluding hydrogens is 320 g/mol. The lowest BCUT2D eigenvalue weighted by Gasteiger charge is -2.37. The standard InChI is InChI=1S/C23H38N2O/c1-23(2,26)13-12-20-8-10-21(11-9-20)17-25-16-6-7-22(19-25)18-24-14-4-3-5-15-24/h8-11,22,26H,3-7,12-19H2,1-2H3. The normalized spacial score (nSPS) is 23.3. The summed E-state index contributed by atoms with van der Waals surface area (Å²) in [4.78, 5) is 5.36. The zero-order valence-corrected chi connectivity index (χ0v) is 16.9. The molecule has 0 aromatic heterocycles. The molecule has 1 aromatic rings. The predicted octanol–water partition coefficient (Wildman–Crippen LogP) is 4.09. The van der Waals surface area contributed by atoms with Gasteiger partial charge in [0.15, 0.2) is 0 Å². The molecule has 0 aliphatic carbocycles. The van der Waals surface area contributed by atoms with Gasteiger partial charge in [-0.25, -0.2) is 0 Å². The van der Waals surface area contributed by atoms with E-state index >= 15 is 0 Å². The minimum atomic E-state index is -0.574. The molecule has 0 amide bonds. The van der Waals surface area contributed by atoms with E-state index in [2.05, 4.69) is 34.1 Å². The third kappa shape index (κ3) is 6.68. The summed E-state index contributed by atoms with van der Waals surface area (Å²) in [5, 5.41) is 9.88. The van der Waals surface area contributed by atoms with Crippen LogP contribution in [0.15, 0.2) is 24.3 Å². The molecule has 0 saturated carbocycles. The van der Waals surface area contributed by atoms with Crippen molar-refractivity contribution in [3.05, 3.63) is 35.4 Å². The van der Waals surface area contributed by atoms with Gasteiger partial charge in [0, 0.05) is 19.6 Å². The topological polar surface area (TPSA) is 26.7 Å². The fraction of sp³-hybridized carbons (Fsp3) is 0.739. The molecule has 3 heteroatoms. The van der Waals surface area contributed by atoms with Gasteiger partial charge in [0.05, 0.1) is 5.60 Å². The van der Waals surface area contributed by atoms with Crippen molar-refractivity contribution in [1.29, 1.82) is 0 Å². The molecule has 2 aliphatic heterocycles. The van der Waals surface area contributed by atoms with Crippen molar-refractivity contribution in [2.75, 3.05) is 32.7 Å².